The van der Waals surface area contributed by atoms with Crippen molar-refractivity contribution in [3.63, 3.8) is 0 Å². The molecule has 1 atom stereocenters. The molecule has 3 aromatic carbocycles. The third-order valence-corrected chi connectivity index (χ3v) is 6.78. The molecule has 1 fully saturated rings. The number of methoxy groups -OCH3 is 1. The number of ether oxygens (including phenoxy) is 2. The lowest BCUT2D eigenvalue weighted by molar-refractivity contribution is 0.0388. The lowest BCUT2D eigenvalue weighted by atomic mass is 10.1. The fourth-order valence-electron chi connectivity index (χ4n) is 4.86. The topological polar surface area (TPSA) is 92.8 Å². The molecule has 1 amide bonds. The first-order valence-electron chi connectivity index (χ1n) is 13.1. The molecular weight excluding hydrogens is 492 g/mol. The van der Waals surface area contributed by atoms with E-state index in [1.807, 2.05) is 30.6 Å². The molecule has 1 unspecified atom stereocenters. The van der Waals surface area contributed by atoms with E-state index in [0.717, 1.165) is 42.7 Å². The monoisotopic (exact) mass is 524 g/mol. The molecule has 39 heavy (non-hydrogen) atoms. The Bertz CT molecular complexity index is 1450. The van der Waals surface area contributed by atoms with E-state index in [1.165, 1.54) is 11.5 Å². The van der Waals surface area contributed by atoms with Crippen molar-refractivity contribution in [3.8, 4) is 0 Å². The van der Waals surface area contributed by atoms with Gasteiger partial charge in [0.15, 0.2) is 0 Å². The minimum absolute atomic E-state index is 0.160. The highest BCUT2D eigenvalue weighted by molar-refractivity contribution is 6.05. The molecule has 5 rings (SSSR count). The van der Waals surface area contributed by atoms with Gasteiger partial charge in [0.05, 0.1) is 12.2 Å². The van der Waals surface area contributed by atoms with Crippen LogP contribution in [-0.2, 0) is 16.0 Å². The van der Waals surface area contributed by atoms with Crippen LogP contribution in [0, 0.1) is 0 Å². The first-order valence-corrected chi connectivity index (χ1v) is 13.1. The predicted molar refractivity (Wildman–Crippen MR) is 152 cm³/mol. The van der Waals surface area contributed by atoms with Gasteiger partial charge < -0.3 is 20.1 Å². The fraction of sp³-hybridized carbons (Fsp3) is 0.258. The highest BCUT2D eigenvalue weighted by Crippen LogP contribution is 2.25. The number of hydrogen-bond acceptors (Lipinski definition) is 7. The van der Waals surface area contributed by atoms with Gasteiger partial charge >= 0.3 is 5.97 Å². The van der Waals surface area contributed by atoms with Crippen molar-refractivity contribution >= 4 is 34.0 Å². The molecule has 0 aliphatic carbocycles. The maximum absolute atomic E-state index is 12.9. The Morgan fingerprint density at radius 1 is 1.00 bits per heavy atom. The van der Waals surface area contributed by atoms with E-state index in [1.54, 1.807) is 25.3 Å². The number of hydrogen-bond donors (Lipinski definition) is 2. The van der Waals surface area contributed by atoms with E-state index in [4.69, 9.17) is 9.47 Å². The van der Waals surface area contributed by atoms with E-state index in [9.17, 15) is 9.59 Å². The standard InChI is InChI=1S/C31H32N4O4/c1-38-15-16-39-31(37)24-7-3-6-23(18-24)30(36)34-26-9-2-5-22(17-26)20-35-14-12-27(21-35)33-29-10-4-8-25-19-32-13-11-28(25)29/h2-11,13,17-19,27,33H,12,14-16,20-21H2,1H3,(H,34,36). The van der Waals surface area contributed by atoms with Gasteiger partial charge in [0.1, 0.15) is 6.61 Å². The van der Waals surface area contributed by atoms with Crippen molar-refractivity contribution in [2.45, 2.75) is 19.0 Å². The molecule has 1 aliphatic rings. The van der Waals surface area contributed by atoms with E-state index in [-0.39, 0.29) is 12.5 Å². The molecule has 0 bridgehead atoms. The second-order valence-corrected chi connectivity index (χ2v) is 9.63. The largest absolute Gasteiger partial charge is 0.460 e. The molecule has 1 aliphatic heterocycles. The van der Waals surface area contributed by atoms with Gasteiger partial charge in [0, 0.05) is 72.9 Å². The van der Waals surface area contributed by atoms with Gasteiger partial charge in [-0.05, 0) is 54.4 Å². The van der Waals surface area contributed by atoms with Gasteiger partial charge in [-0.3, -0.25) is 14.7 Å². The Labute approximate surface area is 228 Å². The summed E-state index contributed by atoms with van der Waals surface area (Å²) in [7, 11) is 1.54. The van der Waals surface area contributed by atoms with Crippen LogP contribution in [0.2, 0.25) is 0 Å². The number of rotatable bonds is 10. The zero-order chi connectivity index (χ0) is 27.0. The van der Waals surface area contributed by atoms with Crippen molar-refractivity contribution in [2.75, 3.05) is 44.0 Å². The normalized spacial score (nSPS) is 15.3. The van der Waals surface area contributed by atoms with Crippen LogP contribution in [0.25, 0.3) is 10.8 Å². The number of pyridine rings is 1. The van der Waals surface area contributed by atoms with Crippen LogP contribution in [0.4, 0.5) is 11.4 Å². The second kappa shape index (κ2) is 12.5. The van der Waals surface area contributed by atoms with Crippen molar-refractivity contribution in [1.29, 1.82) is 0 Å². The number of nitrogens with one attached hydrogen (secondary N) is 2. The summed E-state index contributed by atoms with van der Waals surface area (Å²) >= 11 is 0. The number of fused-ring (bicyclic) bond motifs is 1. The third-order valence-electron chi connectivity index (χ3n) is 6.78. The van der Waals surface area contributed by atoms with Gasteiger partial charge in [-0.15, -0.1) is 0 Å². The Balaban J connectivity index is 1.17. The molecule has 0 radical (unpaired) electrons. The summed E-state index contributed by atoms with van der Waals surface area (Å²) in [6.07, 6.45) is 4.78. The van der Waals surface area contributed by atoms with Crippen LogP contribution in [0.3, 0.4) is 0 Å². The molecule has 1 aromatic heterocycles. The number of amides is 1. The van der Waals surface area contributed by atoms with Crippen molar-refractivity contribution in [1.82, 2.24) is 9.88 Å². The number of anilines is 2. The quantitative estimate of drug-likeness (QED) is 0.223. The maximum Gasteiger partial charge on any atom is 0.338 e. The number of carbonyl (C=O) groups is 2. The summed E-state index contributed by atoms with van der Waals surface area (Å²) < 4.78 is 10.1. The van der Waals surface area contributed by atoms with Gasteiger partial charge in [-0.25, -0.2) is 4.79 Å². The Morgan fingerprint density at radius 3 is 2.74 bits per heavy atom. The third kappa shape index (κ3) is 6.79. The summed E-state index contributed by atoms with van der Waals surface area (Å²) in [5, 5.41) is 8.98. The van der Waals surface area contributed by atoms with Crippen molar-refractivity contribution < 1.29 is 19.1 Å². The highest BCUT2D eigenvalue weighted by atomic mass is 16.6. The molecule has 2 heterocycles. The second-order valence-electron chi connectivity index (χ2n) is 9.63. The summed E-state index contributed by atoms with van der Waals surface area (Å²) in [6.45, 7) is 3.20. The zero-order valence-electron chi connectivity index (χ0n) is 21.9. The number of likely N-dealkylation sites (tertiary alicyclic amines) is 1. The Kier molecular flexibility index (Phi) is 8.45. The fourth-order valence-corrected chi connectivity index (χ4v) is 4.86. The van der Waals surface area contributed by atoms with Crippen LogP contribution in [0.5, 0.6) is 0 Å². The lowest BCUT2D eigenvalue weighted by Crippen LogP contribution is -2.26. The number of esters is 1. The summed E-state index contributed by atoms with van der Waals surface area (Å²) in [6, 6.07) is 23.1. The molecule has 0 saturated carbocycles. The molecule has 4 aromatic rings. The molecule has 1 saturated heterocycles. The molecule has 200 valence electrons. The van der Waals surface area contributed by atoms with Gasteiger partial charge in [0.2, 0.25) is 0 Å². The molecule has 8 heteroatoms. The summed E-state index contributed by atoms with van der Waals surface area (Å²) in [4.78, 5) is 31.8. The molecular formula is C31H32N4O4. The van der Waals surface area contributed by atoms with Crippen LogP contribution in [0.15, 0.2) is 85.2 Å². The summed E-state index contributed by atoms with van der Waals surface area (Å²) in [5.74, 6) is -0.769. The number of aromatic nitrogens is 1. The molecule has 0 spiro atoms. The lowest BCUT2D eigenvalue weighted by Gasteiger charge is -2.19. The van der Waals surface area contributed by atoms with E-state index >= 15 is 0 Å². The van der Waals surface area contributed by atoms with E-state index < -0.39 is 5.97 Å². The van der Waals surface area contributed by atoms with Gasteiger partial charge in [0.25, 0.3) is 5.91 Å². The average Bonchev–Trinajstić information content (AvgIpc) is 3.40. The number of benzene rings is 3. The highest BCUT2D eigenvalue weighted by Gasteiger charge is 2.23. The van der Waals surface area contributed by atoms with E-state index in [2.05, 4.69) is 50.8 Å². The Morgan fingerprint density at radius 2 is 1.85 bits per heavy atom. The smallest absolute Gasteiger partial charge is 0.338 e. The van der Waals surface area contributed by atoms with E-state index in [0.29, 0.717) is 29.5 Å². The average molecular weight is 525 g/mol. The maximum atomic E-state index is 12.9. The molecule has 2 N–H and O–H groups in total. The number of nitrogens with zero attached hydrogens (tertiary/aromatic N) is 2. The van der Waals surface area contributed by atoms with Gasteiger partial charge in [-0.2, -0.15) is 0 Å². The summed E-state index contributed by atoms with van der Waals surface area (Å²) in [5.41, 5.74) is 3.69. The van der Waals surface area contributed by atoms with Crippen LogP contribution in [-0.4, -0.2) is 61.2 Å². The van der Waals surface area contributed by atoms with Crippen LogP contribution in [0.1, 0.15) is 32.7 Å². The zero-order valence-corrected chi connectivity index (χ0v) is 21.9. The van der Waals surface area contributed by atoms with Crippen molar-refractivity contribution in [2.24, 2.45) is 0 Å². The minimum Gasteiger partial charge on any atom is -0.460 e. The Hall–Kier alpha value is -4.27. The first kappa shape index (κ1) is 26.3. The SMILES string of the molecule is COCCOC(=O)c1cccc(C(=O)Nc2cccc(CN3CCC(Nc4cccc5cnccc45)C3)c2)c1. The van der Waals surface area contributed by atoms with Crippen LogP contribution < -0.4 is 10.6 Å². The van der Waals surface area contributed by atoms with Crippen LogP contribution >= 0.6 is 0 Å². The molecule has 8 nitrogen and oxygen atoms in total. The minimum atomic E-state index is -0.487. The van der Waals surface area contributed by atoms with Gasteiger partial charge in [-0.1, -0.05) is 30.3 Å². The first-order chi connectivity index (χ1) is 19.1. The predicted octanol–water partition coefficient (Wildman–Crippen LogP) is 4.98. The number of carbonyl (C=O) groups excluding carboxylic acids is 2. The van der Waals surface area contributed by atoms with Crippen molar-refractivity contribution in [3.05, 3.63) is 102 Å².